The van der Waals surface area contributed by atoms with Gasteiger partial charge >= 0.3 is 0 Å². The largest absolute Gasteiger partial charge is 0.393 e. The van der Waals surface area contributed by atoms with Crippen LogP contribution in [0, 0.1) is 11.8 Å². The second-order valence-electron chi connectivity index (χ2n) is 4.86. The fourth-order valence-corrected chi connectivity index (χ4v) is 2.37. The molecular weight excluding hydrogens is 190 g/mol. The molecule has 0 saturated heterocycles. The number of amides is 1. The van der Waals surface area contributed by atoms with Crippen molar-refractivity contribution in [2.45, 2.75) is 45.8 Å². The molecule has 0 spiro atoms. The number of aliphatic hydroxyl groups is 1. The first kappa shape index (κ1) is 12.2. The predicted molar refractivity (Wildman–Crippen MR) is 60.3 cm³/mol. The maximum absolute atomic E-state index is 11.5. The van der Waals surface area contributed by atoms with Gasteiger partial charge < -0.3 is 10.4 Å². The van der Waals surface area contributed by atoms with Crippen molar-refractivity contribution in [1.29, 1.82) is 0 Å². The molecule has 3 heteroatoms. The van der Waals surface area contributed by atoms with Crippen LogP contribution in [0.5, 0.6) is 0 Å². The van der Waals surface area contributed by atoms with E-state index in [1.54, 1.807) is 6.92 Å². The summed E-state index contributed by atoms with van der Waals surface area (Å²) in [6, 6.07) is 0.164. The first-order chi connectivity index (χ1) is 6.91. The molecule has 1 saturated carbocycles. The fourth-order valence-electron chi connectivity index (χ4n) is 2.37. The lowest BCUT2D eigenvalue weighted by Gasteiger charge is -2.37. The molecule has 0 aromatic carbocycles. The molecule has 0 heterocycles. The van der Waals surface area contributed by atoms with Crippen molar-refractivity contribution in [1.82, 2.24) is 5.32 Å². The molecular formula is C12H21NO2. The Morgan fingerprint density at radius 2 is 1.80 bits per heavy atom. The molecule has 1 amide bonds. The molecule has 2 unspecified atom stereocenters. The summed E-state index contributed by atoms with van der Waals surface area (Å²) in [7, 11) is 0. The minimum Gasteiger partial charge on any atom is -0.393 e. The molecule has 1 rings (SSSR count). The van der Waals surface area contributed by atoms with Crippen LogP contribution in [0.1, 0.15) is 33.6 Å². The summed E-state index contributed by atoms with van der Waals surface area (Å²) in [5.41, 5.74) is 0.542. The Bertz CT molecular complexity index is 250. The average Bonchev–Trinajstić information content (AvgIpc) is 2.10. The third-order valence-electron chi connectivity index (χ3n) is 3.20. The number of hydrogen-bond donors (Lipinski definition) is 2. The Kier molecular flexibility index (Phi) is 3.91. The molecule has 0 aliphatic heterocycles. The third-order valence-corrected chi connectivity index (χ3v) is 3.20. The van der Waals surface area contributed by atoms with Crippen molar-refractivity contribution < 1.29 is 9.90 Å². The average molecular weight is 211 g/mol. The molecule has 86 valence electrons. The molecule has 3 nitrogen and oxygen atoms in total. The van der Waals surface area contributed by atoms with E-state index in [-0.39, 0.29) is 18.1 Å². The number of carbonyl (C=O) groups is 1. The molecule has 0 radical (unpaired) electrons. The highest BCUT2D eigenvalue weighted by Crippen LogP contribution is 2.29. The zero-order valence-corrected chi connectivity index (χ0v) is 9.79. The minimum atomic E-state index is -0.215. The topological polar surface area (TPSA) is 49.3 Å². The van der Waals surface area contributed by atoms with Crippen LogP contribution in [-0.2, 0) is 4.79 Å². The number of rotatable bonds is 2. The maximum Gasteiger partial charge on any atom is 0.246 e. The van der Waals surface area contributed by atoms with Crippen LogP contribution in [0.3, 0.4) is 0 Å². The summed E-state index contributed by atoms with van der Waals surface area (Å²) in [5, 5.41) is 12.6. The molecule has 0 aromatic rings. The second kappa shape index (κ2) is 4.79. The van der Waals surface area contributed by atoms with Crippen molar-refractivity contribution in [3.63, 3.8) is 0 Å². The molecule has 1 aliphatic carbocycles. The Labute approximate surface area is 91.6 Å². The number of carbonyl (C=O) groups excluding carboxylic acids is 1. The highest BCUT2D eigenvalue weighted by atomic mass is 16.3. The normalized spacial score (nSPS) is 36.0. The van der Waals surface area contributed by atoms with Gasteiger partial charge in [0.2, 0.25) is 5.91 Å². The standard InChI is InChI=1S/C12H21NO2/c1-7(2)12(15)13-11-8(3)5-10(14)6-9(11)4/h8-11,14H,1,5-6H2,2-4H3,(H,13,15). The van der Waals surface area contributed by atoms with Gasteiger partial charge in [0, 0.05) is 11.6 Å². The lowest BCUT2D eigenvalue weighted by molar-refractivity contribution is -0.119. The van der Waals surface area contributed by atoms with Crippen molar-refractivity contribution >= 4 is 5.91 Å². The number of nitrogens with one attached hydrogen (secondary N) is 1. The molecule has 2 atom stereocenters. The van der Waals surface area contributed by atoms with Crippen LogP contribution in [0.25, 0.3) is 0 Å². The van der Waals surface area contributed by atoms with Gasteiger partial charge in [-0.3, -0.25) is 4.79 Å². The van der Waals surface area contributed by atoms with E-state index in [9.17, 15) is 9.90 Å². The van der Waals surface area contributed by atoms with Crippen LogP contribution in [-0.4, -0.2) is 23.2 Å². The molecule has 0 bridgehead atoms. The second-order valence-corrected chi connectivity index (χ2v) is 4.86. The van der Waals surface area contributed by atoms with Gasteiger partial charge in [0.1, 0.15) is 0 Å². The third kappa shape index (κ3) is 3.06. The SMILES string of the molecule is C=C(C)C(=O)NC1C(C)CC(O)CC1C. The summed E-state index contributed by atoms with van der Waals surface area (Å²) in [6.07, 6.45) is 1.32. The summed E-state index contributed by atoms with van der Waals surface area (Å²) >= 11 is 0. The van der Waals surface area contributed by atoms with Crippen molar-refractivity contribution in [3.05, 3.63) is 12.2 Å². The van der Waals surface area contributed by atoms with Crippen molar-refractivity contribution in [2.75, 3.05) is 0 Å². The van der Waals surface area contributed by atoms with Gasteiger partial charge in [-0.2, -0.15) is 0 Å². The van der Waals surface area contributed by atoms with Gasteiger partial charge in [0.15, 0.2) is 0 Å². The van der Waals surface area contributed by atoms with Gasteiger partial charge in [-0.1, -0.05) is 20.4 Å². The van der Waals surface area contributed by atoms with Gasteiger partial charge in [-0.25, -0.2) is 0 Å². The smallest absolute Gasteiger partial charge is 0.246 e. The van der Waals surface area contributed by atoms with E-state index in [1.165, 1.54) is 0 Å². The van der Waals surface area contributed by atoms with Crippen molar-refractivity contribution in [3.8, 4) is 0 Å². The zero-order chi connectivity index (χ0) is 11.6. The van der Waals surface area contributed by atoms with Gasteiger partial charge in [0.25, 0.3) is 0 Å². The molecule has 2 N–H and O–H groups in total. The predicted octanol–water partition coefficient (Wildman–Crippen LogP) is 1.47. The summed E-state index contributed by atoms with van der Waals surface area (Å²) < 4.78 is 0. The van der Waals surface area contributed by atoms with Crippen LogP contribution in [0.2, 0.25) is 0 Å². The van der Waals surface area contributed by atoms with E-state index in [1.807, 2.05) is 0 Å². The molecule has 1 aliphatic rings. The Hall–Kier alpha value is -0.830. The molecule has 15 heavy (non-hydrogen) atoms. The molecule has 1 fully saturated rings. The Morgan fingerprint density at radius 1 is 1.33 bits per heavy atom. The summed E-state index contributed by atoms with van der Waals surface area (Å²) in [4.78, 5) is 11.5. The van der Waals surface area contributed by atoms with Crippen LogP contribution >= 0.6 is 0 Å². The first-order valence-corrected chi connectivity index (χ1v) is 5.56. The summed E-state index contributed by atoms with van der Waals surface area (Å²) in [5.74, 6) is 0.578. The van der Waals surface area contributed by atoms with E-state index >= 15 is 0 Å². The minimum absolute atomic E-state index is 0.0740. The quantitative estimate of drug-likeness (QED) is 0.680. The van der Waals surface area contributed by atoms with E-state index < -0.39 is 0 Å². The van der Waals surface area contributed by atoms with E-state index in [2.05, 4.69) is 25.7 Å². The Balaban J connectivity index is 2.60. The monoisotopic (exact) mass is 211 g/mol. The van der Waals surface area contributed by atoms with Gasteiger partial charge in [-0.15, -0.1) is 0 Å². The van der Waals surface area contributed by atoms with Crippen LogP contribution in [0.15, 0.2) is 12.2 Å². The fraction of sp³-hybridized carbons (Fsp3) is 0.750. The number of aliphatic hydroxyl groups excluding tert-OH is 1. The lowest BCUT2D eigenvalue weighted by atomic mass is 9.77. The van der Waals surface area contributed by atoms with E-state index in [0.29, 0.717) is 17.4 Å². The zero-order valence-electron chi connectivity index (χ0n) is 9.79. The summed E-state index contributed by atoms with van der Waals surface area (Å²) in [6.45, 7) is 9.48. The highest BCUT2D eigenvalue weighted by Gasteiger charge is 2.33. The number of hydrogen-bond acceptors (Lipinski definition) is 2. The van der Waals surface area contributed by atoms with Crippen LogP contribution < -0.4 is 5.32 Å². The highest BCUT2D eigenvalue weighted by molar-refractivity contribution is 5.92. The van der Waals surface area contributed by atoms with E-state index in [0.717, 1.165) is 12.8 Å². The first-order valence-electron chi connectivity index (χ1n) is 5.56. The van der Waals surface area contributed by atoms with E-state index in [4.69, 9.17) is 0 Å². The van der Waals surface area contributed by atoms with Crippen molar-refractivity contribution in [2.24, 2.45) is 11.8 Å². The molecule has 0 aromatic heterocycles. The van der Waals surface area contributed by atoms with Gasteiger partial charge in [-0.05, 0) is 31.6 Å². The van der Waals surface area contributed by atoms with Crippen LogP contribution in [0.4, 0.5) is 0 Å². The maximum atomic E-state index is 11.5. The van der Waals surface area contributed by atoms with Gasteiger partial charge in [0.05, 0.1) is 6.10 Å². The Morgan fingerprint density at radius 3 is 2.20 bits per heavy atom. The lowest BCUT2D eigenvalue weighted by Crippen LogP contribution is -2.48.